The SMILES string of the molecule is c1ccc(-c2ccc(-c3ccc(N(c4ccc(-c5c(-c6ccccc6)ccc6ccccc56)cc4)c4ccc5c6ccccc6c6ccccc6c5c4)cc3)cc2-c2ccccc2)cc1. The smallest absolute Gasteiger partial charge is 0.0468 e. The van der Waals surface area contributed by atoms with Crippen LogP contribution in [0.5, 0.6) is 0 Å². The summed E-state index contributed by atoms with van der Waals surface area (Å²) in [7, 11) is 0. The van der Waals surface area contributed by atoms with Gasteiger partial charge in [-0.15, -0.1) is 0 Å². The van der Waals surface area contributed by atoms with E-state index in [-0.39, 0.29) is 0 Å². The van der Waals surface area contributed by atoms with Gasteiger partial charge in [0.2, 0.25) is 0 Å². The van der Waals surface area contributed by atoms with Gasteiger partial charge in [0.05, 0.1) is 0 Å². The van der Waals surface area contributed by atoms with Gasteiger partial charge in [-0.1, -0.05) is 218 Å². The summed E-state index contributed by atoms with van der Waals surface area (Å²) in [5.74, 6) is 0. The van der Waals surface area contributed by atoms with Gasteiger partial charge in [-0.2, -0.15) is 0 Å². The first-order valence-corrected chi connectivity index (χ1v) is 22.4. The molecule has 0 N–H and O–H groups in total. The molecular weight excluding hydrogens is 783 g/mol. The molecule has 304 valence electrons. The second-order valence-electron chi connectivity index (χ2n) is 16.8. The molecule has 1 nitrogen and oxygen atoms in total. The second kappa shape index (κ2) is 16.3. The molecule has 0 heterocycles. The molecule has 0 saturated carbocycles. The molecule has 0 aliphatic carbocycles. The topological polar surface area (TPSA) is 3.24 Å². The molecular formula is C64H43N. The number of rotatable bonds is 8. The molecule has 0 radical (unpaired) electrons. The third kappa shape index (κ3) is 6.92. The standard InChI is InChI=1S/C64H43N/c1-4-16-45(17-5-1)54-39-33-50(42-62(54)47-20-8-3-9-21-47)44-28-34-51(35-29-44)65(53-38-41-61-59-26-13-12-24-57(59)58-25-14-15-27-60(58)63(61)43-53)52-36-30-49(31-37-52)64-55-23-11-10-22-48(55)32-40-56(64)46-18-6-2-7-19-46/h1-43H. The largest absolute Gasteiger partial charge is 0.310 e. The average Bonchev–Trinajstić information content (AvgIpc) is 3.39. The molecule has 65 heavy (non-hydrogen) atoms. The summed E-state index contributed by atoms with van der Waals surface area (Å²) < 4.78 is 0. The molecule has 0 aliphatic rings. The monoisotopic (exact) mass is 825 g/mol. The zero-order chi connectivity index (χ0) is 43.1. The van der Waals surface area contributed by atoms with Crippen molar-refractivity contribution in [3.63, 3.8) is 0 Å². The molecule has 0 bridgehead atoms. The van der Waals surface area contributed by atoms with Crippen molar-refractivity contribution in [2.75, 3.05) is 4.90 Å². The van der Waals surface area contributed by atoms with Crippen molar-refractivity contribution in [2.24, 2.45) is 0 Å². The van der Waals surface area contributed by atoms with E-state index in [4.69, 9.17) is 0 Å². The Morgan fingerprint density at radius 2 is 0.615 bits per heavy atom. The lowest BCUT2D eigenvalue weighted by molar-refractivity contribution is 1.29. The Kier molecular flexibility index (Phi) is 9.58. The third-order valence-corrected chi connectivity index (χ3v) is 13.1. The number of nitrogens with zero attached hydrogens (tertiary/aromatic N) is 1. The van der Waals surface area contributed by atoms with Crippen LogP contribution in [0.4, 0.5) is 17.1 Å². The molecule has 0 fully saturated rings. The summed E-state index contributed by atoms with van der Waals surface area (Å²) >= 11 is 0. The van der Waals surface area contributed by atoms with E-state index in [0.717, 1.165) is 17.1 Å². The Labute approximate surface area is 379 Å². The molecule has 0 aromatic heterocycles. The van der Waals surface area contributed by atoms with Crippen LogP contribution in [0, 0.1) is 0 Å². The fourth-order valence-corrected chi connectivity index (χ4v) is 9.95. The predicted octanol–water partition coefficient (Wildman–Crippen LogP) is 18.1. The first-order valence-electron chi connectivity index (χ1n) is 22.4. The van der Waals surface area contributed by atoms with Crippen molar-refractivity contribution in [3.05, 3.63) is 261 Å². The lowest BCUT2D eigenvalue weighted by Gasteiger charge is -2.27. The van der Waals surface area contributed by atoms with Crippen molar-refractivity contribution in [1.82, 2.24) is 0 Å². The van der Waals surface area contributed by atoms with Crippen molar-refractivity contribution < 1.29 is 0 Å². The van der Waals surface area contributed by atoms with Gasteiger partial charge in [0, 0.05) is 17.1 Å². The van der Waals surface area contributed by atoms with Crippen LogP contribution < -0.4 is 4.90 Å². The highest BCUT2D eigenvalue weighted by molar-refractivity contribution is 6.25. The highest BCUT2D eigenvalue weighted by atomic mass is 15.1. The average molecular weight is 826 g/mol. The highest BCUT2D eigenvalue weighted by Crippen LogP contribution is 2.44. The van der Waals surface area contributed by atoms with Crippen molar-refractivity contribution >= 4 is 60.2 Å². The van der Waals surface area contributed by atoms with Gasteiger partial charge in [0.25, 0.3) is 0 Å². The fraction of sp³-hybridized carbons (Fsp3) is 0. The van der Waals surface area contributed by atoms with E-state index in [1.165, 1.54) is 98.7 Å². The minimum absolute atomic E-state index is 1.09. The van der Waals surface area contributed by atoms with E-state index in [0.29, 0.717) is 0 Å². The Balaban J connectivity index is 1.01. The summed E-state index contributed by atoms with van der Waals surface area (Å²) in [6, 6.07) is 95.2. The van der Waals surface area contributed by atoms with Gasteiger partial charge >= 0.3 is 0 Å². The summed E-state index contributed by atoms with van der Waals surface area (Å²) in [4.78, 5) is 2.41. The van der Waals surface area contributed by atoms with E-state index < -0.39 is 0 Å². The van der Waals surface area contributed by atoms with Crippen LogP contribution in [0.2, 0.25) is 0 Å². The first kappa shape index (κ1) is 38.2. The quantitative estimate of drug-likeness (QED) is 0.138. The molecule has 12 aromatic carbocycles. The third-order valence-electron chi connectivity index (χ3n) is 13.1. The maximum atomic E-state index is 2.41. The summed E-state index contributed by atoms with van der Waals surface area (Å²) in [6.45, 7) is 0. The minimum atomic E-state index is 1.09. The Bertz CT molecular complexity index is 3630. The van der Waals surface area contributed by atoms with Crippen molar-refractivity contribution in [1.29, 1.82) is 0 Å². The second-order valence-corrected chi connectivity index (χ2v) is 16.8. The molecule has 12 rings (SSSR count). The molecule has 0 amide bonds. The maximum absolute atomic E-state index is 2.41. The van der Waals surface area contributed by atoms with E-state index in [9.17, 15) is 0 Å². The van der Waals surface area contributed by atoms with Gasteiger partial charge in [0.15, 0.2) is 0 Å². The van der Waals surface area contributed by atoms with Gasteiger partial charge in [-0.25, -0.2) is 0 Å². The van der Waals surface area contributed by atoms with Crippen LogP contribution in [-0.4, -0.2) is 0 Å². The number of hydrogen-bond acceptors (Lipinski definition) is 1. The Morgan fingerprint density at radius 1 is 0.200 bits per heavy atom. The zero-order valence-corrected chi connectivity index (χ0v) is 35.8. The van der Waals surface area contributed by atoms with E-state index in [1.807, 2.05) is 0 Å². The zero-order valence-electron chi connectivity index (χ0n) is 35.8. The summed E-state index contributed by atoms with van der Waals surface area (Å²) in [6.07, 6.45) is 0. The van der Waals surface area contributed by atoms with Crippen molar-refractivity contribution in [2.45, 2.75) is 0 Å². The number of anilines is 3. The normalized spacial score (nSPS) is 11.4. The van der Waals surface area contributed by atoms with Crippen LogP contribution in [0.25, 0.3) is 98.7 Å². The van der Waals surface area contributed by atoms with Gasteiger partial charge in [-0.05, 0) is 141 Å². The number of fused-ring (bicyclic) bond motifs is 7. The predicted molar refractivity (Wildman–Crippen MR) is 278 cm³/mol. The lowest BCUT2D eigenvalue weighted by atomic mass is 9.89. The van der Waals surface area contributed by atoms with Gasteiger partial charge in [0.1, 0.15) is 0 Å². The number of benzene rings is 12. The lowest BCUT2D eigenvalue weighted by Crippen LogP contribution is -2.10. The van der Waals surface area contributed by atoms with Gasteiger partial charge < -0.3 is 4.90 Å². The van der Waals surface area contributed by atoms with Crippen LogP contribution in [0.1, 0.15) is 0 Å². The molecule has 0 aliphatic heterocycles. The van der Waals surface area contributed by atoms with Crippen molar-refractivity contribution in [3.8, 4) is 55.6 Å². The van der Waals surface area contributed by atoms with E-state index in [1.54, 1.807) is 0 Å². The molecule has 0 saturated heterocycles. The van der Waals surface area contributed by atoms with Gasteiger partial charge in [-0.3, -0.25) is 0 Å². The van der Waals surface area contributed by atoms with E-state index >= 15 is 0 Å². The maximum Gasteiger partial charge on any atom is 0.0468 e. The number of hydrogen-bond donors (Lipinski definition) is 0. The Hall–Kier alpha value is -8.52. The van der Waals surface area contributed by atoms with Crippen LogP contribution in [0.3, 0.4) is 0 Å². The molecule has 0 unspecified atom stereocenters. The molecule has 0 spiro atoms. The van der Waals surface area contributed by atoms with E-state index in [2.05, 4.69) is 266 Å². The minimum Gasteiger partial charge on any atom is -0.310 e. The van der Waals surface area contributed by atoms with Crippen LogP contribution in [0.15, 0.2) is 261 Å². The molecule has 0 atom stereocenters. The Morgan fingerprint density at radius 3 is 1.20 bits per heavy atom. The first-order chi connectivity index (χ1) is 32.2. The van der Waals surface area contributed by atoms with Crippen LogP contribution >= 0.6 is 0 Å². The summed E-state index contributed by atoms with van der Waals surface area (Å²) in [5, 5.41) is 10.0. The molecule has 12 aromatic rings. The fourth-order valence-electron chi connectivity index (χ4n) is 9.95. The molecule has 1 heteroatoms. The summed E-state index contributed by atoms with van der Waals surface area (Å²) in [5.41, 5.74) is 15.4. The highest BCUT2D eigenvalue weighted by Gasteiger charge is 2.18. The van der Waals surface area contributed by atoms with Crippen LogP contribution in [-0.2, 0) is 0 Å².